The van der Waals surface area contributed by atoms with Crippen molar-refractivity contribution >= 4 is 52.5 Å². The van der Waals surface area contributed by atoms with Crippen LogP contribution in [0.1, 0.15) is 67.7 Å². The summed E-state index contributed by atoms with van der Waals surface area (Å²) in [6, 6.07) is 27.3. The summed E-state index contributed by atoms with van der Waals surface area (Å²) in [6.07, 6.45) is 1.88. The number of amides is 1. The van der Waals surface area contributed by atoms with Crippen molar-refractivity contribution in [2.24, 2.45) is 0 Å². The molecule has 2 unspecified atom stereocenters. The highest BCUT2D eigenvalue weighted by Gasteiger charge is 2.30. The van der Waals surface area contributed by atoms with Crippen molar-refractivity contribution in [1.82, 2.24) is 10.2 Å². The Kier molecular flexibility index (Phi) is 13.0. The lowest BCUT2D eigenvalue weighted by molar-refractivity contribution is 0.0292. The summed E-state index contributed by atoms with van der Waals surface area (Å²) < 4.78 is 17.1. The first kappa shape index (κ1) is 37.1. The number of halogens is 4. The molecule has 2 heterocycles. The molecule has 2 fully saturated rings. The number of hydrogen-bond donors (Lipinski definition) is 1. The van der Waals surface area contributed by atoms with E-state index in [0.717, 1.165) is 30.6 Å². The fraction of sp³-hybridized carbons (Fsp3) is 0.359. The molecule has 49 heavy (non-hydrogen) atoms. The van der Waals surface area contributed by atoms with E-state index in [0.29, 0.717) is 69.7 Å². The molecule has 2 saturated heterocycles. The fourth-order valence-corrected chi connectivity index (χ4v) is 6.77. The van der Waals surface area contributed by atoms with E-state index >= 15 is 0 Å². The van der Waals surface area contributed by atoms with Gasteiger partial charge in [-0.2, -0.15) is 0 Å². The lowest BCUT2D eigenvalue weighted by Gasteiger charge is -2.24. The fourth-order valence-electron chi connectivity index (χ4n) is 5.84. The molecule has 1 amide bonds. The highest BCUT2D eigenvalue weighted by Crippen LogP contribution is 2.32. The van der Waals surface area contributed by atoms with Crippen LogP contribution in [0.3, 0.4) is 0 Å². The van der Waals surface area contributed by atoms with Crippen LogP contribution < -0.4 is 14.8 Å². The van der Waals surface area contributed by atoms with Crippen molar-refractivity contribution in [1.29, 1.82) is 0 Å². The highest BCUT2D eigenvalue weighted by molar-refractivity contribution is 6.36. The summed E-state index contributed by atoms with van der Waals surface area (Å²) in [5.74, 6) is 2.18. The number of rotatable bonds is 8. The van der Waals surface area contributed by atoms with Crippen LogP contribution in [-0.4, -0.2) is 42.8 Å². The summed E-state index contributed by atoms with van der Waals surface area (Å²) in [5.41, 5.74) is 4.32. The van der Waals surface area contributed by atoms with Crippen molar-refractivity contribution in [2.75, 3.05) is 26.2 Å². The van der Waals surface area contributed by atoms with Gasteiger partial charge in [0.15, 0.2) is 0 Å². The van der Waals surface area contributed by atoms with Crippen molar-refractivity contribution in [2.45, 2.75) is 64.3 Å². The lowest BCUT2D eigenvalue weighted by atomic mass is 9.97. The van der Waals surface area contributed by atoms with Crippen molar-refractivity contribution in [3.8, 4) is 11.5 Å². The predicted molar refractivity (Wildman–Crippen MR) is 200 cm³/mol. The lowest BCUT2D eigenvalue weighted by Crippen LogP contribution is -2.35. The number of benzene rings is 4. The highest BCUT2D eigenvalue weighted by atomic mass is 35.5. The molecule has 2 aliphatic rings. The van der Waals surface area contributed by atoms with E-state index in [-0.39, 0.29) is 6.09 Å². The maximum Gasteiger partial charge on any atom is 0.410 e. The molecule has 1 N–H and O–H groups in total. The van der Waals surface area contributed by atoms with Gasteiger partial charge in [-0.25, -0.2) is 4.79 Å². The Balaban J connectivity index is 0.000000199. The van der Waals surface area contributed by atoms with Crippen LogP contribution in [0.4, 0.5) is 4.79 Å². The third-order valence-corrected chi connectivity index (χ3v) is 9.38. The molecule has 260 valence electrons. The molecule has 0 bridgehead atoms. The summed E-state index contributed by atoms with van der Waals surface area (Å²) in [7, 11) is 0. The maximum atomic E-state index is 12.3. The number of hydrogen-bond acceptors (Lipinski definition) is 5. The molecule has 6 rings (SSSR count). The van der Waals surface area contributed by atoms with Gasteiger partial charge in [0.25, 0.3) is 0 Å². The monoisotopic (exact) mass is 742 g/mol. The molecule has 2 atom stereocenters. The molecular weight excluding hydrogens is 702 g/mol. The molecule has 0 aliphatic carbocycles. The van der Waals surface area contributed by atoms with Crippen LogP contribution in [0.25, 0.3) is 0 Å². The smallest absolute Gasteiger partial charge is 0.410 e. The Morgan fingerprint density at radius 2 is 1.31 bits per heavy atom. The predicted octanol–water partition coefficient (Wildman–Crippen LogP) is 10.9. The zero-order valence-corrected chi connectivity index (χ0v) is 31.0. The first-order chi connectivity index (χ1) is 23.4. The molecule has 0 saturated carbocycles. The molecule has 0 aromatic heterocycles. The van der Waals surface area contributed by atoms with E-state index in [1.54, 1.807) is 41.3 Å². The van der Waals surface area contributed by atoms with Crippen LogP contribution in [-0.2, 0) is 18.0 Å². The van der Waals surface area contributed by atoms with Gasteiger partial charge in [0, 0.05) is 35.6 Å². The average Bonchev–Trinajstić information content (AvgIpc) is 3.78. The third kappa shape index (κ3) is 11.2. The standard InChI is InChI=1S/C22H25Cl2NO3.C17H17Cl2NO/c1-22(2,3)28-21(26)25-10-9-17(13-25)16-6-4-5-15(11-16)14-27-20-8-7-18(23)12-19(20)24;18-15-4-5-17(16(19)9-15)21-11-12-2-1-3-13(8-12)14-6-7-20-10-14/h4-8,11-12,17H,9-10,13-14H2,1-3H3;1-5,8-9,14,20H,6-7,10-11H2. The Hall–Kier alpha value is -3.13. The van der Waals surface area contributed by atoms with Gasteiger partial charge in [-0.3, -0.25) is 0 Å². The Morgan fingerprint density at radius 1 is 0.755 bits per heavy atom. The largest absolute Gasteiger partial charge is 0.487 e. The molecule has 10 heteroatoms. The molecule has 4 aromatic rings. The Morgan fingerprint density at radius 3 is 1.80 bits per heavy atom. The van der Waals surface area contributed by atoms with Gasteiger partial charge in [-0.05, 0) is 105 Å². The van der Waals surface area contributed by atoms with E-state index in [1.807, 2.05) is 32.9 Å². The summed E-state index contributed by atoms with van der Waals surface area (Å²) in [6.45, 7) is 10.1. The van der Waals surface area contributed by atoms with Crippen LogP contribution in [0.15, 0.2) is 84.9 Å². The van der Waals surface area contributed by atoms with E-state index in [4.69, 9.17) is 60.6 Å². The minimum absolute atomic E-state index is 0.244. The van der Waals surface area contributed by atoms with E-state index in [9.17, 15) is 4.79 Å². The number of ether oxygens (including phenoxy) is 3. The van der Waals surface area contributed by atoms with Crippen molar-refractivity contribution < 1.29 is 19.0 Å². The molecular formula is C39H42Cl4N2O4. The van der Waals surface area contributed by atoms with Crippen LogP contribution in [0, 0.1) is 0 Å². The number of nitrogens with zero attached hydrogens (tertiary/aromatic N) is 1. The van der Waals surface area contributed by atoms with E-state index in [1.165, 1.54) is 17.5 Å². The van der Waals surface area contributed by atoms with E-state index < -0.39 is 5.60 Å². The molecule has 6 nitrogen and oxygen atoms in total. The SMILES string of the molecule is CC(C)(C)OC(=O)N1CCC(c2cccc(COc3ccc(Cl)cc3Cl)c2)C1.Clc1ccc(OCc2cccc(C3CCNC3)c2)c(Cl)c1. The number of carbonyl (C=O) groups excluding carboxylic acids is 1. The van der Waals surface area contributed by atoms with Gasteiger partial charge in [0.05, 0.1) is 10.0 Å². The van der Waals surface area contributed by atoms with Gasteiger partial charge in [-0.15, -0.1) is 0 Å². The molecule has 0 radical (unpaired) electrons. The van der Waals surface area contributed by atoms with Gasteiger partial charge < -0.3 is 24.4 Å². The van der Waals surface area contributed by atoms with Gasteiger partial charge >= 0.3 is 6.09 Å². The average molecular weight is 745 g/mol. The second-order valence-corrected chi connectivity index (χ2v) is 15.0. The molecule has 2 aliphatic heterocycles. The first-order valence-electron chi connectivity index (χ1n) is 16.5. The Labute approximate surface area is 309 Å². The van der Waals surface area contributed by atoms with Gasteiger partial charge in [0.2, 0.25) is 0 Å². The van der Waals surface area contributed by atoms with Crippen LogP contribution >= 0.6 is 46.4 Å². The number of carbonyl (C=O) groups is 1. The second kappa shape index (κ2) is 17.2. The number of likely N-dealkylation sites (tertiary alicyclic amines) is 1. The minimum Gasteiger partial charge on any atom is -0.487 e. The van der Waals surface area contributed by atoms with E-state index in [2.05, 4.69) is 41.7 Å². The summed E-state index contributed by atoms with van der Waals surface area (Å²) in [4.78, 5) is 14.1. The van der Waals surface area contributed by atoms with Crippen LogP contribution in [0.5, 0.6) is 11.5 Å². The topological polar surface area (TPSA) is 60.0 Å². The summed E-state index contributed by atoms with van der Waals surface area (Å²) in [5, 5.41) is 5.63. The second-order valence-electron chi connectivity index (χ2n) is 13.3. The van der Waals surface area contributed by atoms with Crippen LogP contribution in [0.2, 0.25) is 20.1 Å². The minimum atomic E-state index is -0.477. The third-order valence-electron chi connectivity index (χ3n) is 8.32. The summed E-state index contributed by atoms with van der Waals surface area (Å²) >= 11 is 24.1. The quantitative estimate of drug-likeness (QED) is 0.195. The zero-order valence-electron chi connectivity index (χ0n) is 28.0. The zero-order chi connectivity index (χ0) is 35.0. The normalized spacial score (nSPS) is 17.3. The molecule has 4 aromatic carbocycles. The van der Waals surface area contributed by atoms with Gasteiger partial charge in [0.1, 0.15) is 30.3 Å². The van der Waals surface area contributed by atoms with Crippen molar-refractivity contribution in [3.63, 3.8) is 0 Å². The van der Waals surface area contributed by atoms with Gasteiger partial charge in [-0.1, -0.05) is 94.9 Å². The Bertz CT molecular complexity index is 1720. The molecule has 0 spiro atoms. The first-order valence-corrected chi connectivity index (χ1v) is 18.0. The number of nitrogens with one attached hydrogen (secondary N) is 1. The van der Waals surface area contributed by atoms with Crippen molar-refractivity contribution in [3.05, 3.63) is 127 Å². The maximum absolute atomic E-state index is 12.3.